The van der Waals surface area contributed by atoms with Gasteiger partial charge in [0.2, 0.25) is 0 Å². The van der Waals surface area contributed by atoms with Crippen molar-refractivity contribution in [3.63, 3.8) is 0 Å². The molecule has 8 nitrogen and oxygen atoms in total. The number of ether oxygens (including phenoxy) is 1. The maximum atomic E-state index is 13.4. The zero-order chi connectivity index (χ0) is 22.0. The highest BCUT2D eigenvalue weighted by Gasteiger charge is 2.35. The molecule has 31 heavy (non-hydrogen) atoms. The van der Waals surface area contributed by atoms with Crippen molar-refractivity contribution >= 4 is 11.6 Å². The van der Waals surface area contributed by atoms with Crippen LogP contribution in [0.5, 0.6) is 5.75 Å². The van der Waals surface area contributed by atoms with Crippen molar-refractivity contribution in [3.8, 4) is 11.4 Å². The SMILES string of the molecule is COc1ccc(CN(C(=O)c2ccn(-c3ccc([N+](=O)[O-])cc3)n2)C(C)C2CC2)cc1. The van der Waals surface area contributed by atoms with Crippen molar-refractivity contribution in [1.82, 2.24) is 14.7 Å². The van der Waals surface area contributed by atoms with E-state index in [1.165, 1.54) is 12.1 Å². The Kier molecular flexibility index (Phi) is 5.70. The Morgan fingerprint density at radius 3 is 2.45 bits per heavy atom. The molecule has 4 rings (SSSR count). The van der Waals surface area contributed by atoms with Gasteiger partial charge in [-0.2, -0.15) is 5.10 Å². The van der Waals surface area contributed by atoms with Gasteiger partial charge in [-0.15, -0.1) is 0 Å². The molecule has 0 spiro atoms. The number of nitro benzene ring substituents is 1. The van der Waals surface area contributed by atoms with Crippen LogP contribution in [0.1, 0.15) is 35.8 Å². The van der Waals surface area contributed by atoms with Crippen LogP contribution in [0, 0.1) is 16.0 Å². The Balaban J connectivity index is 1.55. The fourth-order valence-corrected chi connectivity index (χ4v) is 3.62. The molecule has 1 amide bonds. The second kappa shape index (κ2) is 8.59. The molecular formula is C23H24N4O4. The number of hydrogen-bond acceptors (Lipinski definition) is 5. The molecule has 1 aliphatic carbocycles. The number of methoxy groups -OCH3 is 1. The summed E-state index contributed by atoms with van der Waals surface area (Å²) in [5.74, 6) is 1.16. The second-order valence-electron chi connectivity index (χ2n) is 7.78. The first kappa shape index (κ1) is 20.6. The van der Waals surface area contributed by atoms with E-state index in [4.69, 9.17) is 4.74 Å². The average Bonchev–Trinajstić information content (AvgIpc) is 3.53. The summed E-state index contributed by atoms with van der Waals surface area (Å²) < 4.78 is 6.78. The van der Waals surface area contributed by atoms with Gasteiger partial charge < -0.3 is 9.64 Å². The van der Waals surface area contributed by atoms with Gasteiger partial charge in [-0.1, -0.05) is 12.1 Å². The number of hydrogen-bond donors (Lipinski definition) is 0. The second-order valence-corrected chi connectivity index (χ2v) is 7.78. The molecule has 0 saturated heterocycles. The molecule has 0 radical (unpaired) electrons. The molecule has 3 aromatic rings. The van der Waals surface area contributed by atoms with Gasteiger partial charge in [-0.25, -0.2) is 4.68 Å². The lowest BCUT2D eigenvalue weighted by atomic mass is 10.1. The molecule has 8 heteroatoms. The summed E-state index contributed by atoms with van der Waals surface area (Å²) >= 11 is 0. The van der Waals surface area contributed by atoms with Crippen LogP contribution in [0.25, 0.3) is 5.69 Å². The van der Waals surface area contributed by atoms with Gasteiger partial charge >= 0.3 is 0 Å². The highest BCUT2D eigenvalue weighted by Crippen LogP contribution is 2.36. The van der Waals surface area contributed by atoms with E-state index in [2.05, 4.69) is 12.0 Å². The summed E-state index contributed by atoms with van der Waals surface area (Å²) in [7, 11) is 1.63. The third kappa shape index (κ3) is 4.58. The number of amides is 1. The Morgan fingerprint density at radius 2 is 1.87 bits per heavy atom. The van der Waals surface area contributed by atoms with Gasteiger partial charge in [0.15, 0.2) is 5.69 Å². The Labute approximate surface area is 180 Å². The largest absolute Gasteiger partial charge is 0.497 e. The van der Waals surface area contributed by atoms with Crippen LogP contribution >= 0.6 is 0 Å². The lowest BCUT2D eigenvalue weighted by Crippen LogP contribution is -2.39. The minimum absolute atomic E-state index is 0.0103. The van der Waals surface area contributed by atoms with Crippen molar-refractivity contribution < 1.29 is 14.5 Å². The molecule has 1 heterocycles. The summed E-state index contributed by atoms with van der Waals surface area (Å²) in [5.41, 5.74) is 2.04. The quantitative estimate of drug-likeness (QED) is 0.402. The zero-order valence-electron chi connectivity index (χ0n) is 17.5. The Morgan fingerprint density at radius 1 is 1.19 bits per heavy atom. The van der Waals surface area contributed by atoms with Crippen molar-refractivity contribution in [2.24, 2.45) is 5.92 Å². The van der Waals surface area contributed by atoms with Crippen molar-refractivity contribution in [2.75, 3.05) is 7.11 Å². The predicted molar refractivity (Wildman–Crippen MR) is 115 cm³/mol. The Hall–Kier alpha value is -3.68. The molecule has 1 fully saturated rings. The van der Waals surface area contributed by atoms with E-state index in [9.17, 15) is 14.9 Å². The first-order chi connectivity index (χ1) is 15.0. The molecule has 1 aromatic heterocycles. The summed E-state index contributed by atoms with van der Waals surface area (Å²) in [5, 5.41) is 15.3. The smallest absolute Gasteiger partial charge is 0.274 e. The summed E-state index contributed by atoms with van der Waals surface area (Å²) in [4.78, 5) is 25.7. The van der Waals surface area contributed by atoms with Gasteiger partial charge in [-0.05, 0) is 61.6 Å². The maximum Gasteiger partial charge on any atom is 0.274 e. The minimum Gasteiger partial charge on any atom is -0.497 e. The lowest BCUT2D eigenvalue weighted by Gasteiger charge is -2.29. The van der Waals surface area contributed by atoms with Crippen molar-refractivity contribution in [3.05, 3.63) is 82.2 Å². The maximum absolute atomic E-state index is 13.4. The van der Waals surface area contributed by atoms with Crippen LogP contribution in [-0.4, -0.2) is 38.7 Å². The minimum atomic E-state index is -0.446. The normalized spacial score (nSPS) is 14.1. The van der Waals surface area contributed by atoms with Gasteiger partial charge in [0.05, 0.1) is 17.7 Å². The fraction of sp³-hybridized carbons (Fsp3) is 0.304. The molecule has 0 N–H and O–H groups in total. The third-order valence-corrected chi connectivity index (χ3v) is 5.70. The van der Waals surface area contributed by atoms with E-state index >= 15 is 0 Å². The summed E-state index contributed by atoms with van der Waals surface area (Å²) in [6, 6.07) is 15.6. The third-order valence-electron chi connectivity index (χ3n) is 5.70. The first-order valence-electron chi connectivity index (χ1n) is 10.2. The standard InChI is InChI=1S/C23H24N4O4/c1-16(18-5-6-18)25(15-17-3-11-21(31-2)12-4-17)23(28)22-13-14-26(24-22)19-7-9-20(10-8-19)27(29)30/h3-4,7-14,16,18H,5-6,15H2,1-2H3. The van der Waals surface area contributed by atoms with E-state index in [1.807, 2.05) is 29.2 Å². The topological polar surface area (TPSA) is 90.5 Å². The molecule has 0 aliphatic heterocycles. The number of non-ortho nitro benzene ring substituents is 1. The van der Waals surface area contributed by atoms with Gasteiger partial charge in [0.1, 0.15) is 5.75 Å². The zero-order valence-corrected chi connectivity index (χ0v) is 17.5. The highest BCUT2D eigenvalue weighted by molar-refractivity contribution is 5.92. The summed E-state index contributed by atoms with van der Waals surface area (Å²) in [6.45, 7) is 2.58. The monoisotopic (exact) mass is 420 g/mol. The van der Waals surface area contributed by atoms with Crippen LogP contribution in [0.3, 0.4) is 0 Å². The van der Waals surface area contributed by atoms with Crippen molar-refractivity contribution in [2.45, 2.75) is 32.4 Å². The molecule has 2 aromatic carbocycles. The lowest BCUT2D eigenvalue weighted by molar-refractivity contribution is -0.384. The number of nitro groups is 1. The molecule has 1 aliphatic rings. The van der Waals surface area contributed by atoms with E-state index in [0.29, 0.717) is 23.8 Å². The fourth-order valence-electron chi connectivity index (χ4n) is 3.62. The van der Waals surface area contributed by atoms with Gasteiger partial charge in [0, 0.05) is 30.9 Å². The number of carbonyl (C=O) groups is 1. The molecular weight excluding hydrogens is 396 g/mol. The number of benzene rings is 2. The molecule has 1 atom stereocenters. The predicted octanol–water partition coefficient (Wildman–Crippen LogP) is 4.23. The summed E-state index contributed by atoms with van der Waals surface area (Å²) in [6.07, 6.45) is 3.96. The van der Waals surface area contributed by atoms with Crippen LogP contribution in [0.4, 0.5) is 5.69 Å². The first-order valence-corrected chi connectivity index (χ1v) is 10.2. The van der Waals surface area contributed by atoms with Gasteiger partial charge in [-0.3, -0.25) is 14.9 Å². The van der Waals surface area contributed by atoms with Crippen LogP contribution in [0.2, 0.25) is 0 Å². The number of rotatable bonds is 8. The van der Waals surface area contributed by atoms with Crippen LogP contribution in [0.15, 0.2) is 60.8 Å². The number of carbonyl (C=O) groups excluding carboxylic acids is 1. The average molecular weight is 420 g/mol. The number of aromatic nitrogens is 2. The van der Waals surface area contributed by atoms with E-state index in [0.717, 1.165) is 24.2 Å². The molecule has 1 unspecified atom stereocenters. The van der Waals surface area contributed by atoms with Crippen molar-refractivity contribution in [1.29, 1.82) is 0 Å². The molecule has 1 saturated carbocycles. The highest BCUT2D eigenvalue weighted by atomic mass is 16.6. The molecule has 160 valence electrons. The Bertz CT molecular complexity index is 1070. The van der Waals surface area contributed by atoms with E-state index in [-0.39, 0.29) is 17.6 Å². The number of nitrogens with zero attached hydrogens (tertiary/aromatic N) is 4. The van der Waals surface area contributed by atoms with Crippen LogP contribution < -0.4 is 4.74 Å². The van der Waals surface area contributed by atoms with Crippen LogP contribution in [-0.2, 0) is 6.54 Å². The van der Waals surface area contributed by atoms with Gasteiger partial charge in [0.25, 0.3) is 11.6 Å². The van der Waals surface area contributed by atoms with E-state index < -0.39 is 4.92 Å². The van der Waals surface area contributed by atoms with E-state index in [1.54, 1.807) is 36.2 Å². The molecule has 0 bridgehead atoms.